The molecule has 0 bridgehead atoms. The van der Waals surface area contributed by atoms with Gasteiger partial charge in [-0.1, -0.05) is 13.0 Å². The fourth-order valence-electron chi connectivity index (χ4n) is 1.78. The number of hydrogen-bond acceptors (Lipinski definition) is 5. The normalized spacial score (nSPS) is 13.3. The minimum absolute atomic E-state index is 0.0335. The van der Waals surface area contributed by atoms with Gasteiger partial charge < -0.3 is 5.73 Å². The van der Waals surface area contributed by atoms with E-state index < -0.39 is 10.0 Å². The molecular formula is C13H17N3O2S2. The SMILES string of the molecule is Cc1ccc(N)cc1S(=O)(=O)NCC(C)c1nccs1. The summed E-state index contributed by atoms with van der Waals surface area (Å²) in [4.78, 5) is 4.41. The van der Waals surface area contributed by atoms with Crippen molar-refractivity contribution in [3.05, 3.63) is 40.3 Å². The van der Waals surface area contributed by atoms with E-state index in [-0.39, 0.29) is 10.8 Å². The second kappa shape index (κ2) is 5.90. The highest BCUT2D eigenvalue weighted by Crippen LogP contribution is 2.20. The van der Waals surface area contributed by atoms with Gasteiger partial charge in [0, 0.05) is 29.7 Å². The number of aryl methyl sites for hydroxylation is 1. The average molecular weight is 311 g/mol. The van der Waals surface area contributed by atoms with Crippen molar-refractivity contribution < 1.29 is 8.42 Å². The zero-order valence-corrected chi connectivity index (χ0v) is 13.0. The van der Waals surface area contributed by atoms with Crippen LogP contribution in [0.3, 0.4) is 0 Å². The van der Waals surface area contributed by atoms with Crippen molar-refractivity contribution in [1.82, 2.24) is 9.71 Å². The lowest BCUT2D eigenvalue weighted by molar-refractivity contribution is 0.574. The molecule has 0 aliphatic carbocycles. The summed E-state index contributed by atoms with van der Waals surface area (Å²) in [6.07, 6.45) is 1.72. The van der Waals surface area contributed by atoms with Gasteiger partial charge in [-0.05, 0) is 24.6 Å². The van der Waals surface area contributed by atoms with Gasteiger partial charge in [0.25, 0.3) is 0 Å². The fourth-order valence-corrected chi connectivity index (χ4v) is 3.89. The van der Waals surface area contributed by atoms with Crippen LogP contribution < -0.4 is 10.5 Å². The number of sulfonamides is 1. The van der Waals surface area contributed by atoms with E-state index in [1.54, 1.807) is 25.3 Å². The lowest BCUT2D eigenvalue weighted by Gasteiger charge is -2.12. The first-order valence-electron chi connectivity index (χ1n) is 6.15. The zero-order chi connectivity index (χ0) is 14.8. The average Bonchev–Trinajstić information content (AvgIpc) is 2.93. The lowest BCUT2D eigenvalue weighted by Crippen LogP contribution is -2.28. The Balaban J connectivity index is 2.13. The van der Waals surface area contributed by atoms with Gasteiger partial charge in [-0.25, -0.2) is 18.1 Å². The van der Waals surface area contributed by atoms with Gasteiger partial charge in [-0.2, -0.15) is 0 Å². The van der Waals surface area contributed by atoms with Gasteiger partial charge in [-0.3, -0.25) is 0 Å². The highest BCUT2D eigenvalue weighted by Gasteiger charge is 2.19. The molecule has 0 spiro atoms. The molecule has 5 nitrogen and oxygen atoms in total. The third-order valence-electron chi connectivity index (χ3n) is 2.95. The number of benzene rings is 1. The third-order valence-corrected chi connectivity index (χ3v) is 5.53. The molecule has 0 saturated carbocycles. The molecule has 20 heavy (non-hydrogen) atoms. The van der Waals surface area contributed by atoms with Crippen LogP contribution in [0.1, 0.15) is 23.4 Å². The maximum Gasteiger partial charge on any atom is 0.240 e. The van der Waals surface area contributed by atoms with Gasteiger partial charge in [0.2, 0.25) is 10.0 Å². The quantitative estimate of drug-likeness (QED) is 0.828. The van der Waals surface area contributed by atoms with E-state index in [0.717, 1.165) is 5.01 Å². The first-order valence-corrected chi connectivity index (χ1v) is 8.51. The van der Waals surface area contributed by atoms with Gasteiger partial charge in [0.1, 0.15) is 0 Å². The number of nitrogen functional groups attached to an aromatic ring is 1. The van der Waals surface area contributed by atoms with E-state index in [1.165, 1.54) is 17.4 Å². The maximum absolute atomic E-state index is 12.3. The van der Waals surface area contributed by atoms with Crippen LogP contribution in [0.5, 0.6) is 0 Å². The van der Waals surface area contributed by atoms with Crippen molar-refractivity contribution in [2.75, 3.05) is 12.3 Å². The Labute approximate surface area is 122 Å². The molecule has 7 heteroatoms. The van der Waals surface area contributed by atoms with Crippen LogP contribution in [-0.4, -0.2) is 19.9 Å². The Hall–Kier alpha value is -1.44. The standard InChI is InChI=1S/C13H17N3O2S2/c1-9-3-4-11(14)7-12(9)20(17,18)16-8-10(2)13-15-5-6-19-13/h3-7,10,16H,8,14H2,1-2H3. The summed E-state index contributed by atoms with van der Waals surface area (Å²) in [7, 11) is -3.55. The maximum atomic E-state index is 12.3. The molecule has 1 heterocycles. The number of hydrogen-bond donors (Lipinski definition) is 2. The highest BCUT2D eigenvalue weighted by molar-refractivity contribution is 7.89. The summed E-state index contributed by atoms with van der Waals surface area (Å²) < 4.78 is 27.2. The molecule has 0 fully saturated rings. The molecule has 1 aromatic heterocycles. The van der Waals surface area contributed by atoms with Crippen molar-refractivity contribution in [1.29, 1.82) is 0 Å². The van der Waals surface area contributed by atoms with Gasteiger partial charge in [0.05, 0.1) is 9.90 Å². The molecule has 1 aromatic carbocycles. The predicted molar refractivity (Wildman–Crippen MR) is 81.3 cm³/mol. The molecule has 0 aliphatic heterocycles. The third kappa shape index (κ3) is 3.36. The summed E-state index contributed by atoms with van der Waals surface area (Å²) in [5, 5.41) is 2.79. The van der Waals surface area contributed by atoms with Crippen molar-refractivity contribution in [2.24, 2.45) is 0 Å². The molecule has 2 rings (SSSR count). The first kappa shape index (κ1) is 15.0. The second-order valence-electron chi connectivity index (χ2n) is 4.65. The second-order valence-corrected chi connectivity index (χ2v) is 7.31. The molecule has 0 saturated heterocycles. The minimum atomic E-state index is -3.55. The van der Waals surface area contributed by atoms with E-state index in [4.69, 9.17) is 5.73 Å². The summed E-state index contributed by atoms with van der Waals surface area (Å²) in [6.45, 7) is 4.00. The number of nitrogens with two attached hydrogens (primary N) is 1. The largest absolute Gasteiger partial charge is 0.399 e. The molecule has 0 radical (unpaired) electrons. The number of nitrogens with zero attached hydrogens (tertiary/aromatic N) is 1. The van der Waals surface area contributed by atoms with Crippen LogP contribution in [0.2, 0.25) is 0 Å². The fraction of sp³-hybridized carbons (Fsp3) is 0.308. The van der Waals surface area contributed by atoms with Gasteiger partial charge in [-0.15, -0.1) is 11.3 Å². The van der Waals surface area contributed by atoms with E-state index in [0.29, 0.717) is 17.8 Å². The Kier molecular flexibility index (Phi) is 4.42. The molecule has 0 aliphatic rings. The smallest absolute Gasteiger partial charge is 0.240 e. The lowest BCUT2D eigenvalue weighted by atomic mass is 10.2. The Bertz CT molecular complexity index is 682. The Morgan fingerprint density at radius 3 is 2.85 bits per heavy atom. The van der Waals surface area contributed by atoms with Crippen LogP contribution in [0.15, 0.2) is 34.7 Å². The minimum Gasteiger partial charge on any atom is -0.399 e. The summed E-state index contributed by atoms with van der Waals surface area (Å²) in [5.41, 5.74) is 6.77. The number of aromatic nitrogens is 1. The monoisotopic (exact) mass is 311 g/mol. The molecule has 1 atom stereocenters. The summed E-state index contributed by atoms with van der Waals surface area (Å²) in [5.74, 6) is 0.0335. The van der Waals surface area contributed by atoms with Crippen LogP contribution in [0.25, 0.3) is 0 Å². The topological polar surface area (TPSA) is 85.1 Å². The van der Waals surface area contributed by atoms with E-state index >= 15 is 0 Å². The number of nitrogens with one attached hydrogen (secondary N) is 1. The zero-order valence-electron chi connectivity index (χ0n) is 11.3. The van der Waals surface area contributed by atoms with E-state index in [2.05, 4.69) is 9.71 Å². The van der Waals surface area contributed by atoms with E-state index in [9.17, 15) is 8.42 Å². The molecule has 2 aromatic rings. The first-order chi connectivity index (χ1) is 9.40. The molecule has 3 N–H and O–H groups in total. The van der Waals surface area contributed by atoms with Crippen LogP contribution in [0, 0.1) is 6.92 Å². The molecule has 0 amide bonds. The van der Waals surface area contributed by atoms with Crippen molar-refractivity contribution >= 4 is 27.0 Å². The summed E-state index contributed by atoms with van der Waals surface area (Å²) in [6, 6.07) is 4.87. The van der Waals surface area contributed by atoms with Crippen molar-refractivity contribution in [3.63, 3.8) is 0 Å². The Morgan fingerprint density at radius 1 is 1.45 bits per heavy atom. The molecule has 108 valence electrons. The molecule has 1 unspecified atom stereocenters. The van der Waals surface area contributed by atoms with Crippen molar-refractivity contribution in [3.8, 4) is 0 Å². The highest BCUT2D eigenvalue weighted by atomic mass is 32.2. The predicted octanol–water partition coefficient (Wildman–Crippen LogP) is 2.12. The number of anilines is 1. The van der Waals surface area contributed by atoms with Crippen molar-refractivity contribution in [2.45, 2.75) is 24.7 Å². The molecular weight excluding hydrogens is 294 g/mol. The number of rotatable bonds is 5. The van der Waals surface area contributed by atoms with Crippen LogP contribution >= 0.6 is 11.3 Å². The summed E-state index contributed by atoms with van der Waals surface area (Å²) >= 11 is 1.52. The van der Waals surface area contributed by atoms with Gasteiger partial charge in [0.15, 0.2) is 0 Å². The Morgan fingerprint density at radius 2 is 2.20 bits per heavy atom. The van der Waals surface area contributed by atoms with Crippen LogP contribution in [-0.2, 0) is 10.0 Å². The van der Waals surface area contributed by atoms with Crippen LogP contribution in [0.4, 0.5) is 5.69 Å². The van der Waals surface area contributed by atoms with Gasteiger partial charge >= 0.3 is 0 Å². The number of thiazole rings is 1. The van der Waals surface area contributed by atoms with E-state index in [1.807, 2.05) is 12.3 Å².